The van der Waals surface area contributed by atoms with Gasteiger partial charge < -0.3 is 19.3 Å². The number of carbonyl (C=O) groups is 1. The van der Waals surface area contributed by atoms with Gasteiger partial charge in [-0.15, -0.1) is 0 Å². The minimum Gasteiger partial charge on any atom is -0.493 e. The van der Waals surface area contributed by atoms with E-state index in [0.717, 1.165) is 13.1 Å². The van der Waals surface area contributed by atoms with Crippen molar-refractivity contribution < 1.29 is 14.3 Å². The molecule has 1 aliphatic heterocycles. The molecule has 5 nitrogen and oxygen atoms in total. The highest BCUT2D eigenvalue weighted by molar-refractivity contribution is 5.94. The van der Waals surface area contributed by atoms with Crippen LogP contribution in [0.2, 0.25) is 0 Å². The van der Waals surface area contributed by atoms with Crippen molar-refractivity contribution in [1.82, 2.24) is 4.90 Å². The van der Waals surface area contributed by atoms with E-state index in [9.17, 15) is 4.79 Å². The second-order valence-corrected chi connectivity index (χ2v) is 7.14. The van der Waals surface area contributed by atoms with Crippen molar-refractivity contribution in [2.75, 3.05) is 38.8 Å². The lowest BCUT2D eigenvalue weighted by Crippen LogP contribution is -2.32. The number of nitrogens with zero attached hydrogens (tertiary/aromatic N) is 2. The van der Waals surface area contributed by atoms with E-state index in [1.807, 2.05) is 20.0 Å². The van der Waals surface area contributed by atoms with Crippen molar-refractivity contribution in [1.29, 1.82) is 0 Å². The summed E-state index contributed by atoms with van der Waals surface area (Å²) in [6, 6.07) is 13.7. The Morgan fingerprint density at radius 3 is 2.54 bits per heavy atom. The zero-order valence-electron chi connectivity index (χ0n) is 17.1. The van der Waals surface area contributed by atoms with Gasteiger partial charge in [-0.25, -0.2) is 0 Å². The van der Waals surface area contributed by atoms with Gasteiger partial charge in [0.25, 0.3) is 5.91 Å². The molecule has 1 amide bonds. The van der Waals surface area contributed by atoms with Gasteiger partial charge in [-0.3, -0.25) is 4.79 Å². The van der Waals surface area contributed by atoms with Crippen LogP contribution in [-0.4, -0.2) is 44.7 Å². The summed E-state index contributed by atoms with van der Waals surface area (Å²) >= 11 is 0. The van der Waals surface area contributed by atoms with Crippen LogP contribution in [0.4, 0.5) is 5.69 Å². The van der Waals surface area contributed by atoms with Gasteiger partial charge in [0.05, 0.1) is 13.7 Å². The Labute approximate surface area is 167 Å². The lowest BCUT2D eigenvalue weighted by Gasteiger charge is -2.31. The SMILES string of the molecule is CCOc1ccc(C(=O)N(C)Cc2ccccc2N2CCCCC2)cc1OC. The molecule has 150 valence electrons. The highest BCUT2D eigenvalue weighted by Crippen LogP contribution is 2.29. The van der Waals surface area contributed by atoms with Crippen molar-refractivity contribution in [3.63, 3.8) is 0 Å². The van der Waals surface area contributed by atoms with E-state index in [2.05, 4.69) is 23.1 Å². The Hall–Kier alpha value is -2.69. The van der Waals surface area contributed by atoms with Crippen LogP contribution < -0.4 is 14.4 Å². The molecule has 0 spiro atoms. The first kappa shape index (κ1) is 20.1. The third-order valence-electron chi connectivity index (χ3n) is 5.15. The normalized spacial score (nSPS) is 13.9. The lowest BCUT2D eigenvalue weighted by atomic mass is 10.1. The molecular formula is C23H30N2O3. The molecule has 0 atom stereocenters. The fraction of sp³-hybridized carbons (Fsp3) is 0.435. The van der Waals surface area contributed by atoms with Gasteiger partial charge in [0.15, 0.2) is 11.5 Å². The average molecular weight is 383 g/mol. The van der Waals surface area contributed by atoms with E-state index in [1.165, 1.54) is 30.5 Å². The monoisotopic (exact) mass is 382 g/mol. The molecule has 2 aromatic rings. The van der Waals surface area contributed by atoms with Gasteiger partial charge in [-0.1, -0.05) is 18.2 Å². The molecule has 1 saturated heterocycles. The van der Waals surface area contributed by atoms with Gasteiger partial charge in [0, 0.05) is 37.9 Å². The van der Waals surface area contributed by atoms with Gasteiger partial charge >= 0.3 is 0 Å². The second kappa shape index (κ2) is 9.49. The van der Waals surface area contributed by atoms with E-state index in [-0.39, 0.29) is 5.91 Å². The number of hydrogen-bond donors (Lipinski definition) is 0. The van der Waals surface area contributed by atoms with Crippen LogP contribution in [0.25, 0.3) is 0 Å². The highest BCUT2D eigenvalue weighted by Gasteiger charge is 2.19. The molecule has 3 rings (SSSR count). The Bertz CT molecular complexity index is 800. The summed E-state index contributed by atoms with van der Waals surface area (Å²) in [5.74, 6) is 1.20. The van der Waals surface area contributed by atoms with Crippen LogP contribution in [0.1, 0.15) is 42.1 Å². The minimum atomic E-state index is -0.0326. The fourth-order valence-corrected chi connectivity index (χ4v) is 3.71. The molecule has 1 heterocycles. The molecule has 0 saturated carbocycles. The first-order chi connectivity index (χ1) is 13.6. The average Bonchev–Trinajstić information content (AvgIpc) is 2.74. The van der Waals surface area contributed by atoms with Crippen LogP contribution in [0.3, 0.4) is 0 Å². The molecule has 0 aliphatic carbocycles. The van der Waals surface area contributed by atoms with E-state index < -0.39 is 0 Å². The summed E-state index contributed by atoms with van der Waals surface area (Å²) in [6.07, 6.45) is 3.76. The largest absolute Gasteiger partial charge is 0.493 e. The molecule has 0 N–H and O–H groups in total. The maximum absolute atomic E-state index is 13.0. The van der Waals surface area contributed by atoms with Gasteiger partial charge in [0.1, 0.15) is 0 Å². The summed E-state index contributed by atoms with van der Waals surface area (Å²) in [5.41, 5.74) is 3.02. The van der Waals surface area contributed by atoms with Crippen molar-refractivity contribution in [2.45, 2.75) is 32.7 Å². The van der Waals surface area contributed by atoms with Crippen LogP contribution in [0, 0.1) is 0 Å². The number of methoxy groups -OCH3 is 1. The molecule has 1 fully saturated rings. The van der Waals surface area contributed by atoms with Crippen LogP contribution in [-0.2, 0) is 6.54 Å². The predicted molar refractivity (Wildman–Crippen MR) is 112 cm³/mol. The molecule has 0 radical (unpaired) electrons. The van der Waals surface area contributed by atoms with Gasteiger partial charge in [0.2, 0.25) is 0 Å². The number of piperidine rings is 1. The maximum atomic E-state index is 13.0. The van der Waals surface area contributed by atoms with E-state index in [4.69, 9.17) is 9.47 Å². The Balaban J connectivity index is 1.76. The molecule has 1 aliphatic rings. The third kappa shape index (κ3) is 4.58. The Morgan fingerprint density at radius 2 is 1.82 bits per heavy atom. The fourth-order valence-electron chi connectivity index (χ4n) is 3.71. The van der Waals surface area contributed by atoms with E-state index >= 15 is 0 Å². The van der Waals surface area contributed by atoms with E-state index in [1.54, 1.807) is 30.2 Å². The highest BCUT2D eigenvalue weighted by atomic mass is 16.5. The quantitative estimate of drug-likeness (QED) is 0.714. The maximum Gasteiger partial charge on any atom is 0.254 e. The Kier molecular flexibility index (Phi) is 6.80. The lowest BCUT2D eigenvalue weighted by molar-refractivity contribution is 0.0785. The third-order valence-corrected chi connectivity index (χ3v) is 5.15. The summed E-state index contributed by atoms with van der Waals surface area (Å²) in [5, 5.41) is 0. The molecular weight excluding hydrogens is 352 g/mol. The summed E-state index contributed by atoms with van der Waals surface area (Å²) < 4.78 is 10.9. The minimum absolute atomic E-state index is 0.0326. The van der Waals surface area contributed by atoms with Crippen LogP contribution in [0.5, 0.6) is 11.5 Å². The number of rotatable bonds is 7. The number of benzene rings is 2. The molecule has 0 bridgehead atoms. The topological polar surface area (TPSA) is 42.0 Å². The zero-order chi connectivity index (χ0) is 19.9. The predicted octanol–water partition coefficient (Wildman–Crippen LogP) is 4.36. The second-order valence-electron chi connectivity index (χ2n) is 7.14. The molecule has 2 aromatic carbocycles. The summed E-state index contributed by atoms with van der Waals surface area (Å²) in [4.78, 5) is 17.2. The van der Waals surface area contributed by atoms with Crippen molar-refractivity contribution in [3.05, 3.63) is 53.6 Å². The van der Waals surface area contributed by atoms with E-state index in [0.29, 0.717) is 30.2 Å². The number of hydrogen-bond acceptors (Lipinski definition) is 4. The number of ether oxygens (including phenoxy) is 2. The summed E-state index contributed by atoms with van der Waals surface area (Å²) in [7, 11) is 3.43. The Morgan fingerprint density at radius 1 is 1.07 bits per heavy atom. The summed E-state index contributed by atoms with van der Waals surface area (Å²) in [6.45, 7) is 5.22. The zero-order valence-corrected chi connectivity index (χ0v) is 17.1. The molecule has 0 aromatic heterocycles. The number of amides is 1. The van der Waals surface area contributed by atoms with Crippen molar-refractivity contribution in [3.8, 4) is 11.5 Å². The number of para-hydroxylation sites is 1. The van der Waals surface area contributed by atoms with Crippen LogP contribution in [0.15, 0.2) is 42.5 Å². The molecule has 0 unspecified atom stereocenters. The molecule has 5 heteroatoms. The standard InChI is InChI=1S/C23H30N2O3/c1-4-28-21-13-12-18(16-22(21)27-3)23(26)24(2)17-19-10-6-7-11-20(19)25-14-8-5-9-15-25/h6-7,10-13,16H,4-5,8-9,14-15,17H2,1-3H3. The first-order valence-electron chi connectivity index (χ1n) is 10.0. The van der Waals surface area contributed by atoms with Gasteiger partial charge in [-0.05, 0) is 56.0 Å². The van der Waals surface area contributed by atoms with Crippen molar-refractivity contribution in [2.24, 2.45) is 0 Å². The first-order valence-corrected chi connectivity index (χ1v) is 10.0. The molecule has 28 heavy (non-hydrogen) atoms. The van der Waals surface area contributed by atoms with Gasteiger partial charge in [-0.2, -0.15) is 0 Å². The van der Waals surface area contributed by atoms with Crippen molar-refractivity contribution >= 4 is 11.6 Å². The smallest absolute Gasteiger partial charge is 0.254 e. The number of carbonyl (C=O) groups excluding carboxylic acids is 1. The van der Waals surface area contributed by atoms with Crippen LogP contribution >= 0.6 is 0 Å². The number of anilines is 1.